The Labute approximate surface area is 308 Å². The molecule has 0 heterocycles. The molecule has 0 aromatic heterocycles. The number of ether oxygens (including phenoxy) is 4. The highest BCUT2D eigenvalue weighted by molar-refractivity contribution is 14.1. The summed E-state index contributed by atoms with van der Waals surface area (Å²) in [5, 5.41) is 9.17. The lowest BCUT2D eigenvalue weighted by Gasteiger charge is -2.43. The highest BCUT2D eigenvalue weighted by Crippen LogP contribution is 2.47. The van der Waals surface area contributed by atoms with E-state index in [-0.39, 0.29) is 39.3 Å². The zero-order chi connectivity index (χ0) is 34.1. The fourth-order valence-corrected chi connectivity index (χ4v) is 8.44. The van der Waals surface area contributed by atoms with Gasteiger partial charge in [-0.1, -0.05) is 20.3 Å². The lowest BCUT2D eigenvalue weighted by Crippen LogP contribution is -2.47. The van der Waals surface area contributed by atoms with Gasteiger partial charge < -0.3 is 24.1 Å². The van der Waals surface area contributed by atoms with Crippen LogP contribution in [-0.4, -0.2) is 61.0 Å². The highest BCUT2D eigenvalue weighted by Gasteiger charge is 2.51. The van der Waals surface area contributed by atoms with E-state index in [1.807, 2.05) is 19.9 Å². The molecule has 0 aliphatic heterocycles. The largest absolute Gasteiger partial charge is 0.463 e. The van der Waals surface area contributed by atoms with E-state index in [0.717, 1.165) is 42.8 Å². The predicted octanol–water partition coefficient (Wildman–Crippen LogP) is 7.62. The molecule has 0 amide bonds. The van der Waals surface area contributed by atoms with Gasteiger partial charge in [-0.3, -0.25) is 14.4 Å². The summed E-state index contributed by atoms with van der Waals surface area (Å²) in [6.07, 6.45) is 5.78. The second-order valence-electron chi connectivity index (χ2n) is 13.1. The molecular weight excluding hydrogens is 921 g/mol. The fourth-order valence-electron chi connectivity index (χ4n) is 6.06. The Hall–Kier alpha value is -0.750. The van der Waals surface area contributed by atoms with Crippen molar-refractivity contribution in [2.24, 2.45) is 16.2 Å². The van der Waals surface area contributed by atoms with Gasteiger partial charge in [-0.15, -0.1) is 0 Å². The van der Waals surface area contributed by atoms with Crippen molar-refractivity contribution in [3.05, 3.63) is 28.4 Å². The number of hydrogen-bond acceptors (Lipinski definition) is 9. The summed E-state index contributed by atoms with van der Waals surface area (Å²) in [5.74, 6) is -2.01. The summed E-state index contributed by atoms with van der Waals surface area (Å²) < 4.78 is 25.2. The number of benzene rings is 1. The molecule has 2 rings (SSSR count). The molecule has 1 aliphatic carbocycles. The van der Waals surface area contributed by atoms with Crippen molar-refractivity contribution in [2.45, 2.75) is 105 Å². The number of aliphatic hydroxyl groups is 1. The average molecular weight is 968 g/mol. The summed E-state index contributed by atoms with van der Waals surface area (Å²) in [5.41, 5.74) is -3.57. The minimum absolute atomic E-state index is 0.0662. The van der Waals surface area contributed by atoms with E-state index in [9.17, 15) is 19.2 Å². The first-order valence-corrected chi connectivity index (χ1v) is 18.7. The van der Waals surface area contributed by atoms with Crippen molar-refractivity contribution in [1.82, 2.24) is 0 Å². The van der Waals surface area contributed by atoms with Gasteiger partial charge in [0.05, 0.1) is 28.4 Å². The third-order valence-corrected chi connectivity index (χ3v) is 12.4. The van der Waals surface area contributed by atoms with E-state index in [0.29, 0.717) is 18.4 Å². The number of carbonyl (C=O) groups excluding carboxylic acids is 4. The van der Waals surface area contributed by atoms with E-state index in [1.54, 1.807) is 33.8 Å². The molecule has 9 nitrogen and oxygen atoms in total. The molecule has 1 fully saturated rings. The molecule has 1 aromatic carbocycles. The maximum absolute atomic E-state index is 14.1. The van der Waals surface area contributed by atoms with Crippen LogP contribution in [0.2, 0.25) is 0 Å². The number of esters is 4. The molecule has 0 bridgehead atoms. The van der Waals surface area contributed by atoms with Crippen LogP contribution in [0.5, 0.6) is 0 Å². The first kappa shape index (κ1) is 40.4. The van der Waals surface area contributed by atoms with E-state index >= 15 is 0 Å². The smallest absolute Gasteiger partial charge is 0.339 e. The Morgan fingerprint density at radius 2 is 1.40 bits per heavy atom. The quantitative estimate of drug-likeness (QED) is 0.0586. The van der Waals surface area contributed by atoms with Gasteiger partial charge in [0.1, 0.15) is 25.4 Å². The Balaban J connectivity index is 2.23. The van der Waals surface area contributed by atoms with Gasteiger partial charge in [0.15, 0.2) is 0 Å². The molecule has 1 saturated carbocycles. The van der Waals surface area contributed by atoms with Gasteiger partial charge in [0.2, 0.25) is 0 Å². The third-order valence-electron chi connectivity index (χ3n) is 8.74. The van der Waals surface area contributed by atoms with Crippen LogP contribution in [0.4, 0.5) is 0 Å². The second-order valence-corrected chi connectivity index (χ2v) is 16.6. The van der Waals surface area contributed by atoms with Crippen LogP contribution < -0.4 is 0 Å². The van der Waals surface area contributed by atoms with Crippen molar-refractivity contribution >= 4 is 91.6 Å². The van der Waals surface area contributed by atoms with Crippen LogP contribution in [0.1, 0.15) is 110 Å². The van der Waals surface area contributed by atoms with E-state index in [1.165, 1.54) is 0 Å². The molecule has 254 valence electrons. The molecule has 1 aromatic rings. The van der Waals surface area contributed by atoms with E-state index in [2.05, 4.69) is 67.8 Å². The lowest BCUT2D eigenvalue weighted by molar-refractivity contribution is -0.183. The molecule has 2 atom stereocenters. The minimum Gasteiger partial charge on any atom is -0.463 e. The van der Waals surface area contributed by atoms with Crippen LogP contribution in [0.15, 0.2) is 12.1 Å². The molecule has 12 heteroatoms. The molecule has 0 spiro atoms. The average Bonchev–Trinajstić information content (AvgIpc) is 2.99. The maximum atomic E-state index is 14.1. The monoisotopic (exact) mass is 968 g/mol. The number of aliphatic hydroxyl groups excluding tert-OH is 1. The molecule has 2 unspecified atom stereocenters. The zero-order valence-corrected chi connectivity index (χ0v) is 33.7. The molecule has 45 heavy (non-hydrogen) atoms. The molecule has 1 N–H and O–H groups in total. The van der Waals surface area contributed by atoms with Crippen LogP contribution in [0.3, 0.4) is 0 Å². The van der Waals surface area contributed by atoms with Gasteiger partial charge in [0, 0.05) is 10.7 Å². The maximum Gasteiger partial charge on any atom is 0.339 e. The fraction of sp³-hybridized carbons (Fsp3) is 0.697. The topological polar surface area (TPSA) is 125 Å². The number of halogens is 3. The molecule has 0 saturated heterocycles. The summed E-state index contributed by atoms with van der Waals surface area (Å²) in [6, 6.07) is 3.72. The van der Waals surface area contributed by atoms with E-state index in [4.69, 9.17) is 24.1 Å². The number of rotatable bonds is 16. The first-order valence-electron chi connectivity index (χ1n) is 15.5. The van der Waals surface area contributed by atoms with Crippen molar-refractivity contribution in [3.8, 4) is 0 Å². The van der Waals surface area contributed by atoms with Gasteiger partial charge in [-0.25, -0.2) is 4.79 Å². The summed E-state index contributed by atoms with van der Waals surface area (Å²) >= 11 is 6.42. The predicted molar refractivity (Wildman–Crippen MR) is 196 cm³/mol. The van der Waals surface area contributed by atoms with Crippen molar-refractivity contribution < 1.29 is 43.2 Å². The normalized spacial score (nSPS) is 17.4. The van der Waals surface area contributed by atoms with Crippen LogP contribution >= 0.6 is 67.8 Å². The third kappa shape index (κ3) is 11.1. The summed E-state index contributed by atoms with van der Waals surface area (Å²) in [7, 11) is 0. The van der Waals surface area contributed by atoms with E-state index < -0.39 is 45.7 Å². The molecular formula is C33H47I3O9. The lowest BCUT2D eigenvalue weighted by atomic mass is 9.65. The highest BCUT2D eigenvalue weighted by atomic mass is 127. The van der Waals surface area contributed by atoms with Gasteiger partial charge in [-0.05, 0) is 159 Å². The SMILES string of the molecule is CCC1(OC(=O)C(C)(CC(C)(C)C(=O)OCCO)CC(C)(CC)C(=O)OCCOC(=O)c2cc(I)cc(I)c2I)CCCCC1. The first-order chi connectivity index (χ1) is 21.0. The standard InChI is InChI=1S/C33H47I3O9/c1-7-31(5,28(40)44-17-16-42-26(38)23-18-22(34)19-24(35)25(23)36)21-32(6,20-30(3,4)27(39)43-15-14-37)29(41)45-33(8-2)12-10-9-11-13-33/h18-19,37H,7-17,20-21H2,1-6H3. The Morgan fingerprint density at radius 1 is 0.800 bits per heavy atom. The van der Waals surface area contributed by atoms with Crippen LogP contribution in [0, 0.1) is 27.0 Å². The summed E-state index contributed by atoms with van der Waals surface area (Å²) in [4.78, 5) is 53.4. The Kier molecular flexibility index (Phi) is 15.8. The van der Waals surface area contributed by atoms with Gasteiger partial charge in [-0.2, -0.15) is 0 Å². The Bertz CT molecular complexity index is 1210. The summed E-state index contributed by atoms with van der Waals surface area (Å²) in [6.45, 7) is 10.0. The Morgan fingerprint density at radius 3 is 1.98 bits per heavy atom. The number of hydrogen-bond donors (Lipinski definition) is 1. The second kappa shape index (κ2) is 17.6. The zero-order valence-electron chi connectivity index (χ0n) is 27.2. The van der Waals surface area contributed by atoms with Crippen molar-refractivity contribution in [2.75, 3.05) is 26.4 Å². The number of carbonyl (C=O) groups is 4. The van der Waals surface area contributed by atoms with Gasteiger partial charge in [0.25, 0.3) is 0 Å². The molecule has 1 aliphatic rings. The van der Waals surface area contributed by atoms with Crippen molar-refractivity contribution in [1.29, 1.82) is 0 Å². The van der Waals surface area contributed by atoms with Crippen LogP contribution in [0.25, 0.3) is 0 Å². The molecule has 0 radical (unpaired) electrons. The minimum atomic E-state index is -1.24. The van der Waals surface area contributed by atoms with Crippen LogP contribution in [-0.2, 0) is 33.3 Å². The van der Waals surface area contributed by atoms with Crippen molar-refractivity contribution in [3.63, 3.8) is 0 Å². The van der Waals surface area contributed by atoms with Gasteiger partial charge >= 0.3 is 23.9 Å².